The molecular weight excluding hydrogens is 290 g/mol. The summed E-state index contributed by atoms with van der Waals surface area (Å²) in [7, 11) is 1.37. The molecule has 1 fully saturated rings. The lowest BCUT2D eigenvalue weighted by molar-refractivity contribution is -0.149. The lowest BCUT2D eigenvalue weighted by Crippen LogP contribution is -2.42. The summed E-state index contributed by atoms with van der Waals surface area (Å²) >= 11 is 0. The van der Waals surface area contributed by atoms with E-state index in [1.54, 1.807) is 4.90 Å². The SMILES string of the molecule is COC(=O)C1CCN(C(=O)Cn2cc(NC(C)=O)nn2)CC1. The highest BCUT2D eigenvalue weighted by Gasteiger charge is 2.27. The molecule has 0 aliphatic carbocycles. The number of rotatable bonds is 4. The molecule has 22 heavy (non-hydrogen) atoms. The maximum atomic E-state index is 12.2. The van der Waals surface area contributed by atoms with Gasteiger partial charge in [0.25, 0.3) is 0 Å². The molecular formula is C13H19N5O4. The van der Waals surface area contributed by atoms with Crippen LogP contribution in [0.4, 0.5) is 5.82 Å². The van der Waals surface area contributed by atoms with Crippen molar-refractivity contribution in [3.05, 3.63) is 6.20 Å². The second kappa shape index (κ2) is 7.01. The Bertz CT molecular complexity index is 563. The van der Waals surface area contributed by atoms with Gasteiger partial charge in [-0.2, -0.15) is 0 Å². The van der Waals surface area contributed by atoms with Crippen molar-refractivity contribution in [2.45, 2.75) is 26.3 Å². The topological polar surface area (TPSA) is 106 Å². The van der Waals surface area contributed by atoms with Gasteiger partial charge >= 0.3 is 5.97 Å². The van der Waals surface area contributed by atoms with E-state index in [1.807, 2.05) is 0 Å². The number of nitrogens with zero attached hydrogens (tertiary/aromatic N) is 4. The van der Waals surface area contributed by atoms with Gasteiger partial charge in [-0.15, -0.1) is 5.10 Å². The Morgan fingerprint density at radius 1 is 1.36 bits per heavy atom. The number of ether oxygens (including phenoxy) is 1. The monoisotopic (exact) mass is 309 g/mol. The van der Waals surface area contributed by atoms with E-state index in [1.165, 1.54) is 24.9 Å². The van der Waals surface area contributed by atoms with E-state index < -0.39 is 0 Å². The maximum Gasteiger partial charge on any atom is 0.308 e. The molecule has 2 heterocycles. The zero-order valence-corrected chi connectivity index (χ0v) is 12.6. The number of anilines is 1. The van der Waals surface area contributed by atoms with Crippen LogP contribution >= 0.6 is 0 Å². The normalized spacial score (nSPS) is 15.5. The van der Waals surface area contributed by atoms with Gasteiger partial charge in [0.15, 0.2) is 5.82 Å². The molecule has 0 unspecified atom stereocenters. The Balaban J connectivity index is 1.84. The number of nitrogens with one attached hydrogen (secondary N) is 1. The molecule has 9 heteroatoms. The van der Waals surface area contributed by atoms with Crippen molar-refractivity contribution in [1.29, 1.82) is 0 Å². The van der Waals surface area contributed by atoms with Crippen LogP contribution in [0.1, 0.15) is 19.8 Å². The van der Waals surface area contributed by atoms with Crippen molar-refractivity contribution >= 4 is 23.6 Å². The molecule has 1 saturated heterocycles. The minimum Gasteiger partial charge on any atom is -0.469 e. The number of hydrogen-bond acceptors (Lipinski definition) is 6. The van der Waals surface area contributed by atoms with Crippen LogP contribution in [0.3, 0.4) is 0 Å². The fraction of sp³-hybridized carbons (Fsp3) is 0.615. The predicted octanol–water partition coefficient (Wildman–Crippen LogP) is -0.352. The highest BCUT2D eigenvalue weighted by molar-refractivity contribution is 5.87. The minimum atomic E-state index is -0.247. The highest BCUT2D eigenvalue weighted by Crippen LogP contribution is 2.18. The number of aromatic nitrogens is 3. The van der Waals surface area contributed by atoms with Crippen LogP contribution in [0.15, 0.2) is 6.20 Å². The van der Waals surface area contributed by atoms with Gasteiger partial charge in [-0.3, -0.25) is 14.4 Å². The Labute approximate surface area is 127 Å². The van der Waals surface area contributed by atoms with E-state index in [4.69, 9.17) is 4.74 Å². The number of piperidine rings is 1. The molecule has 0 aromatic carbocycles. The number of esters is 1. The average molecular weight is 309 g/mol. The molecule has 1 N–H and O–H groups in total. The summed E-state index contributed by atoms with van der Waals surface area (Å²) in [6.07, 6.45) is 2.71. The van der Waals surface area contributed by atoms with Gasteiger partial charge in [-0.1, -0.05) is 5.21 Å². The lowest BCUT2D eigenvalue weighted by atomic mass is 9.97. The van der Waals surface area contributed by atoms with Gasteiger partial charge in [0.2, 0.25) is 11.8 Å². The van der Waals surface area contributed by atoms with Crippen LogP contribution in [-0.4, -0.2) is 57.9 Å². The lowest BCUT2D eigenvalue weighted by Gasteiger charge is -2.30. The summed E-state index contributed by atoms with van der Waals surface area (Å²) in [5.74, 6) is -0.384. The number of hydrogen-bond donors (Lipinski definition) is 1. The molecule has 120 valence electrons. The summed E-state index contributed by atoms with van der Waals surface area (Å²) in [4.78, 5) is 36.2. The molecule has 1 aliphatic rings. The second-order valence-electron chi connectivity index (χ2n) is 5.16. The number of methoxy groups -OCH3 is 1. The third kappa shape index (κ3) is 4.03. The van der Waals surface area contributed by atoms with Crippen molar-refractivity contribution in [2.24, 2.45) is 5.92 Å². The average Bonchev–Trinajstić information content (AvgIpc) is 2.92. The quantitative estimate of drug-likeness (QED) is 0.762. The van der Waals surface area contributed by atoms with Crippen LogP contribution in [-0.2, 0) is 25.7 Å². The Morgan fingerprint density at radius 3 is 2.64 bits per heavy atom. The van der Waals surface area contributed by atoms with E-state index in [0.717, 1.165) is 0 Å². The fourth-order valence-corrected chi connectivity index (χ4v) is 2.38. The smallest absolute Gasteiger partial charge is 0.308 e. The highest BCUT2D eigenvalue weighted by atomic mass is 16.5. The van der Waals surface area contributed by atoms with Gasteiger partial charge in [0.1, 0.15) is 6.54 Å². The zero-order chi connectivity index (χ0) is 16.1. The number of likely N-dealkylation sites (tertiary alicyclic amines) is 1. The van der Waals surface area contributed by atoms with Crippen molar-refractivity contribution in [3.63, 3.8) is 0 Å². The summed E-state index contributed by atoms with van der Waals surface area (Å²) in [6, 6.07) is 0. The van der Waals surface area contributed by atoms with Crippen LogP contribution in [0.5, 0.6) is 0 Å². The Hall–Kier alpha value is -2.45. The van der Waals surface area contributed by atoms with E-state index in [0.29, 0.717) is 31.7 Å². The van der Waals surface area contributed by atoms with Crippen molar-refractivity contribution in [1.82, 2.24) is 19.9 Å². The van der Waals surface area contributed by atoms with Gasteiger partial charge in [-0.25, -0.2) is 4.68 Å². The molecule has 1 aromatic heterocycles. The first kappa shape index (κ1) is 15.9. The molecule has 0 atom stereocenters. The first-order valence-electron chi connectivity index (χ1n) is 7.03. The summed E-state index contributed by atoms with van der Waals surface area (Å²) in [6.45, 7) is 2.46. The summed E-state index contributed by atoms with van der Waals surface area (Å²) < 4.78 is 6.09. The first-order valence-corrected chi connectivity index (χ1v) is 7.03. The molecule has 2 amide bonds. The molecule has 0 bridgehead atoms. The molecule has 1 aliphatic heterocycles. The van der Waals surface area contributed by atoms with Crippen LogP contribution in [0.25, 0.3) is 0 Å². The van der Waals surface area contributed by atoms with Gasteiger partial charge in [0, 0.05) is 20.0 Å². The zero-order valence-electron chi connectivity index (χ0n) is 12.6. The third-order valence-electron chi connectivity index (χ3n) is 3.52. The second-order valence-corrected chi connectivity index (χ2v) is 5.16. The van der Waals surface area contributed by atoms with Crippen molar-refractivity contribution < 1.29 is 19.1 Å². The number of amides is 2. The largest absolute Gasteiger partial charge is 0.469 e. The molecule has 0 spiro atoms. The number of carbonyl (C=O) groups excluding carboxylic acids is 3. The Morgan fingerprint density at radius 2 is 2.05 bits per heavy atom. The van der Waals surface area contributed by atoms with Crippen LogP contribution in [0, 0.1) is 5.92 Å². The molecule has 1 aromatic rings. The van der Waals surface area contributed by atoms with E-state index >= 15 is 0 Å². The van der Waals surface area contributed by atoms with Crippen LogP contribution in [0.2, 0.25) is 0 Å². The molecule has 0 saturated carbocycles. The molecule has 9 nitrogen and oxygen atoms in total. The summed E-state index contributed by atoms with van der Waals surface area (Å²) in [5.41, 5.74) is 0. The first-order chi connectivity index (χ1) is 10.5. The van der Waals surface area contributed by atoms with Gasteiger partial charge in [-0.05, 0) is 12.8 Å². The van der Waals surface area contributed by atoms with E-state index in [-0.39, 0.29) is 30.2 Å². The number of carbonyl (C=O) groups is 3. The van der Waals surface area contributed by atoms with E-state index in [2.05, 4.69) is 15.6 Å². The van der Waals surface area contributed by atoms with Crippen molar-refractivity contribution in [2.75, 3.05) is 25.5 Å². The van der Waals surface area contributed by atoms with Crippen molar-refractivity contribution in [3.8, 4) is 0 Å². The van der Waals surface area contributed by atoms with Gasteiger partial charge < -0.3 is 15.0 Å². The third-order valence-corrected chi connectivity index (χ3v) is 3.52. The van der Waals surface area contributed by atoms with Gasteiger partial charge in [0.05, 0.1) is 19.2 Å². The standard InChI is InChI=1S/C13H19N5O4/c1-9(19)14-11-7-18(16-15-11)8-12(20)17-5-3-10(4-6-17)13(21)22-2/h7,10H,3-6,8H2,1-2H3,(H,14,19). The fourth-order valence-electron chi connectivity index (χ4n) is 2.38. The molecule has 0 radical (unpaired) electrons. The molecule has 2 rings (SSSR count). The summed E-state index contributed by atoms with van der Waals surface area (Å²) in [5, 5.41) is 10.0. The van der Waals surface area contributed by atoms with E-state index in [9.17, 15) is 14.4 Å². The maximum absolute atomic E-state index is 12.2. The minimum absolute atomic E-state index is 0.0511. The van der Waals surface area contributed by atoms with Crippen LogP contribution < -0.4 is 5.32 Å². The predicted molar refractivity (Wildman–Crippen MR) is 75.6 cm³/mol. The Kier molecular flexibility index (Phi) is 5.08.